The highest BCUT2D eigenvalue weighted by Crippen LogP contribution is 2.62. The van der Waals surface area contributed by atoms with Crippen LogP contribution in [-0.2, 0) is 20.9 Å². The molecule has 2 aliphatic rings. The number of nitrogens with zero attached hydrogens (tertiary/aromatic N) is 2. The highest BCUT2D eigenvalue weighted by molar-refractivity contribution is 6.29. The van der Waals surface area contributed by atoms with Gasteiger partial charge in [0.25, 0.3) is 0 Å². The molecule has 1 N–H and O–H groups in total. The van der Waals surface area contributed by atoms with Crippen molar-refractivity contribution < 1.29 is 14.3 Å². The number of esters is 1. The molecule has 0 saturated heterocycles. The van der Waals surface area contributed by atoms with Crippen molar-refractivity contribution in [2.24, 2.45) is 10.8 Å². The predicted molar refractivity (Wildman–Crippen MR) is 78.9 cm³/mol. The Morgan fingerprint density at radius 3 is 2.50 bits per heavy atom. The molecule has 1 heterocycles. The monoisotopic (exact) mass is 323 g/mol. The van der Waals surface area contributed by atoms with E-state index in [-0.39, 0.29) is 18.4 Å². The van der Waals surface area contributed by atoms with Crippen LogP contribution in [0.1, 0.15) is 37.8 Å². The third-order valence-electron chi connectivity index (χ3n) is 5.08. The molecule has 0 radical (unpaired) electrons. The first-order chi connectivity index (χ1) is 10.5. The zero-order valence-electron chi connectivity index (χ0n) is 12.4. The van der Waals surface area contributed by atoms with Gasteiger partial charge in [-0.25, -0.2) is 4.98 Å². The minimum Gasteiger partial charge on any atom is -0.469 e. The molecular formula is C15H18ClN3O3. The molecule has 0 atom stereocenters. The van der Waals surface area contributed by atoms with Crippen molar-refractivity contribution in [1.29, 1.82) is 0 Å². The topological polar surface area (TPSA) is 81.2 Å². The van der Waals surface area contributed by atoms with Gasteiger partial charge in [0.05, 0.1) is 30.2 Å². The van der Waals surface area contributed by atoms with Crippen LogP contribution < -0.4 is 5.32 Å². The molecule has 6 nitrogen and oxygen atoms in total. The van der Waals surface area contributed by atoms with Crippen molar-refractivity contribution in [2.75, 3.05) is 7.11 Å². The first kappa shape index (κ1) is 15.2. The van der Waals surface area contributed by atoms with Gasteiger partial charge in [0.2, 0.25) is 5.91 Å². The Balaban J connectivity index is 1.67. The fourth-order valence-corrected chi connectivity index (χ4v) is 4.00. The largest absolute Gasteiger partial charge is 0.469 e. The lowest BCUT2D eigenvalue weighted by Gasteiger charge is -2.25. The molecule has 0 unspecified atom stereocenters. The second-order valence-corrected chi connectivity index (χ2v) is 6.56. The number of hydrogen-bond donors (Lipinski definition) is 1. The van der Waals surface area contributed by atoms with E-state index in [1.807, 2.05) is 0 Å². The molecule has 0 aromatic carbocycles. The summed E-state index contributed by atoms with van der Waals surface area (Å²) in [5.74, 6) is -0.214. The lowest BCUT2D eigenvalue weighted by Crippen LogP contribution is -2.38. The summed E-state index contributed by atoms with van der Waals surface area (Å²) >= 11 is 5.94. The smallest absolute Gasteiger partial charge is 0.311 e. The van der Waals surface area contributed by atoms with Crippen molar-refractivity contribution in [3.63, 3.8) is 0 Å². The van der Waals surface area contributed by atoms with Gasteiger partial charge in [0, 0.05) is 12.4 Å². The van der Waals surface area contributed by atoms with E-state index >= 15 is 0 Å². The molecule has 2 aliphatic carbocycles. The average molecular weight is 324 g/mol. The number of fused-ring (bicyclic) bond motifs is 2. The maximum absolute atomic E-state index is 12.6. The van der Waals surface area contributed by atoms with Crippen molar-refractivity contribution in [2.45, 2.75) is 38.6 Å². The minimum absolute atomic E-state index is 0.0301. The molecule has 118 valence electrons. The highest BCUT2D eigenvalue weighted by atomic mass is 35.5. The van der Waals surface area contributed by atoms with Gasteiger partial charge >= 0.3 is 5.97 Å². The molecule has 7 heteroatoms. The van der Waals surface area contributed by atoms with Crippen LogP contribution in [0.3, 0.4) is 0 Å². The van der Waals surface area contributed by atoms with Gasteiger partial charge in [-0.05, 0) is 32.1 Å². The Labute approximate surface area is 133 Å². The summed E-state index contributed by atoms with van der Waals surface area (Å²) in [6.07, 6.45) is 6.51. The van der Waals surface area contributed by atoms with Crippen LogP contribution in [0.25, 0.3) is 0 Å². The number of methoxy groups -OCH3 is 1. The summed E-state index contributed by atoms with van der Waals surface area (Å²) in [6.45, 7) is 0.248. The zero-order chi connectivity index (χ0) is 15.8. The number of halogens is 1. The predicted octanol–water partition coefficient (Wildman–Crippen LogP) is 1.87. The third-order valence-corrected chi connectivity index (χ3v) is 5.40. The quantitative estimate of drug-likeness (QED) is 0.855. The summed E-state index contributed by atoms with van der Waals surface area (Å²) in [6, 6.07) is 0. The van der Waals surface area contributed by atoms with Crippen LogP contribution in [0, 0.1) is 10.8 Å². The van der Waals surface area contributed by atoms with E-state index in [0.29, 0.717) is 17.3 Å². The number of hydrogen-bond acceptors (Lipinski definition) is 5. The Morgan fingerprint density at radius 1 is 1.23 bits per heavy atom. The van der Waals surface area contributed by atoms with Gasteiger partial charge in [0.15, 0.2) is 5.15 Å². The van der Waals surface area contributed by atoms with E-state index in [1.165, 1.54) is 13.3 Å². The number of ether oxygens (including phenoxy) is 1. The lowest BCUT2D eigenvalue weighted by molar-refractivity contribution is -0.152. The number of rotatable bonds is 4. The van der Waals surface area contributed by atoms with Crippen molar-refractivity contribution in [1.82, 2.24) is 15.3 Å². The number of aromatic nitrogens is 2. The highest BCUT2D eigenvalue weighted by Gasteiger charge is 2.61. The first-order valence-corrected chi connectivity index (χ1v) is 7.71. The summed E-state index contributed by atoms with van der Waals surface area (Å²) in [5.41, 5.74) is -0.372. The summed E-state index contributed by atoms with van der Waals surface area (Å²) in [4.78, 5) is 32.6. The molecule has 2 bridgehead atoms. The maximum atomic E-state index is 12.6. The Morgan fingerprint density at radius 2 is 1.86 bits per heavy atom. The van der Waals surface area contributed by atoms with Crippen LogP contribution >= 0.6 is 11.6 Å². The van der Waals surface area contributed by atoms with Crippen molar-refractivity contribution in [3.8, 4) is 0 Å². The second-order valence-electron chi connectivity index (χ2n) is 6.21. The maximum Gasteiger partial charge on any atom is 0.311 e. The van der Waals surface area contributed by atoms with E-state index in [2.05, 4.69) is 15.3 Å². The number of nitrogens with one attached hydrogen (secondary N) is 1. The van der Waals surface area contributed by atoms with Crippen LogP contribution in [0.4, 0.5) is 0 Å². The summed E-state index contributed by atoms with van der Waals surface area (Å²) in [7, 11) is 1.41. The third kappa shape index (κ3) is 2.35. The second kappa shape index (κ2) is 5.50. The average Bonchev–Trinajstić information content (AvgIpc) is 3.12. The van der Waals surface area contributed by atoms with E-state index in [1.54, 1.807) is 6.20 Å². The SMILES string of the molecule is COC(=O)C12CCC(C(=O)NCc3nccnc3Cl)(CC1)C2. The molecule has 0 aliphatic heterocycles. The van der Waals surface area contributed by atoms with Gasteiger partial charge in [0.1, 0.15) is 0 Å². The first-order valence-electron chi connectivity index (χ1n) is 7.33. The van der Waals surface area contributed by atoms with E-state index in [9.17, 15) is 9.59 Å². The molecule has 2 fully saturated rings. The summed E-state index contributed by atoms with van der Waals surface area (Å²) in [5, 5.41) is 3.19. The zero-order valence-corrected chi connectivity index (χ0v) is 13.2. The number of carbonyl (C=O) groups is 2. The van der Waals surface area contributed by atoms with Crippen molar-refractivity contribution >= 4 is 23.5 Å². The molecule has 3 rings (SSSR count). The van der Waals surface area contributed by atoms with E-state index in [0.717, 1.165) is 25.7 Å². The van der Waals surface area contributed by atoms with Crippen LogP contribution in [0.5, 0.6) is 0 Å². The molecule has 1 aromatic heterocycles. The van der Waals surface area contributed by atoms with Gasteiger partial charge in [-0.2, -0.15) is 0 Å². The van der Waals surface area contributed by atoms with E-state index in [4.69, 9.17) is 16.3 Å². The lowest BCUT2D eigenvalue weighted by atomic mass is 9.81. The fourth-order valence-electron chi connectivity index (χ4n) is 3.83. The molecule has 0 spiro atoms. The normalized spacial score (nSPS) is 29.4. The van der Waals surface area contributed by atoms with Gasteiger partial charge in [-0.3, -0.25) is 14.6 Å². The van der Waals surface area contributed by atoms with Crippen LogP contribution in [0.15, 0.2) is 12.4 Å². The number of amides is 1. The fraction of sp³-hybridized carbons (Fsp3) is 0.600. The molecule has 22 heavy (non-hydrogen) atoms. The van der Waals surface area contributed by atoms with Crippen LogP contribution in [0.2, 0.25) is 5.15 Å². The molecule has 1 aromatic rings. The summed E-state index contributed by atoms with van der Waals surface area (Å²) < 4.78 is 4.92. The standard InChI is InChI=1S/C15H18ClN3O3/c1-22-13(21)15-4-2-14(9-15,3-5-15)12(20)19-8-10-11(16)18-7-6-17-10/h6-7H,2-5,8-9H2,1H3,(H,19,20). The Hall–Kier alpha value is -1.69. The minimum atomic E-state index is -0.462. The van der Waals surface area contributed by atoms with Gasteiger partial charge < -0.3 is 10.1 Å². The molecule has 2 saturated carbocycles. The van der Waals surface area contributed by atoms with Gasteiger partial charge in [-0.1, -0.05) is 11.6 Å². The van der Waals surface area contributed by atoms with E-state index < -0.39 is 10.8 Å². The van der Waals surface area contributed by atoms with Crippen molar-refractivity contribution in [3.05, 3.63) is 23.2 Å². The van der Waals surface area contributed by atoms with Crippen LogP contribution in [-0.4, -0.2) is 29.0 Å². The van der Waals surface area contributed by atoms with Gasteiger partial charge in [-0.15, -0.1) is 0 Å². The Bertz CT molecular complexity index is 612. The molecular weight excluding hydrogens is 306 g/mol. The number of carbonyl (C=O) groups excluding carboxylic acids is 2. The Kier molecular flexibility index (Phi) is 3.80. The molecule has 1 amide bonds.